The van der Waals surface area contributed by atoms with E-state index in [1.807, 2.05) is 0 Å². The monoisotopic (exact) mass is 302 g/mol. The third-order valence-corrected chi connectivity index (χ3v) is 2.79. The van der Waals surface area contributed by atoms with Gasteiger partial charge >= 0.3 is 17.9 Å². The molecule has 0 aliphatic heterocycles. The summed E-state index contributed by atoms with van der Waals surface area (Å²) in [6.45, 7) is 0. The van der Waals surface area contributed by atoms with Crippen molar-refractivity contribution >= 4 is 17.9 Å². The zero-order valence-corrected chi connectivity index (χ0v) is 11.0. The summed E-state index contributed by atoms with van der Waals surface area (Å²) in [5.74, 6) is -3.39. The smallest absolute Gasteiger partial charge is 0.336 e. The van der Waals surface area contributed by atoms with Crippen LogP contribution < -0.4 is 4.74 Å². The molecule has 22 heavy (non-hydrogen) atoms. The Morgan fingerprint density at radius 1 is 0.682 bits per heavy atom. The molecule has 0 spiro atoms. The van der Waals surface area contributed by atoms with Crippen molar-refractivity contribution in [2.24, 2.45) is 0 Å². The van der Waals surface area contributed by atoms with Crippen molar-refractivity contribution in [2.75, 3.05) is 0 Å². The predicted molar refractivity (Wildman–Crippen MR) is 73.8 cm³/mol. The Morgan fingerprint density at radius 3 is 1.73 bits per heavy atom. The molecule has 2 aromatic rings. The highest BCUT2D eigenvalue weighted by Crippen LogP contribution is 2.24. The molecule has 0 aromatic heterocycles. The lowest BCUT2D eigenvalue weighted by Crippen LogP contribution is -2.07. The molecule has 3 N–H and O–H groups in total. The van der Waals surface area contributed by atoms with Crippen LogP contribution in [0, 0.1) is 0 Å². The maximum Gasteiger partial charge on any atom is 0.336 e. The Bertz CT molecular complexity index is 747. The highest BCUT2D eigenvalue weighted by atomic mass is 16.5. The summed E-state index contributed by atoms with van der Waals surface area (Å²) in [7, 11) is 0. The first-order valence-electron chi connectivity index (χ1n) is 6.00. The topological polar surface area (TPSA) is 121 Å². The molecule has 0 heterocycles. The third-order valence-electron chi connectivity index (χ3n) is 2.79. The van der Waals surface area contributed by atoms with Crippen LogP contribution in [0.5, 0.6) is 11.5 Å². The van der Waals surface area contributed by atoms with E-state index in [0.29, 0.717) is 5.75 Å². The lowest BCUT2D eigenvalue weighted by Gasteiger charge is -2.08. The lowest BCUT2D eigenvalue weighted by molar-refractivity contribution is 0.0651. The van der Waals surface area contributed by atoms with Gasteiger partial charge in [-0.1, -0.05) is 0 Å². The fourth-order valence-corrected chi connectivity index (χ4v) is 1.75. The van der Waals surface area contributed by atoms with E-state index in [1.165, 1.54) is 30.3 Å². The summed E-state index contributed by atoms with van der Waals surface area (Å²) in [5.41, 5.74) is -0.659. The number of hydrogen-bond acceptors (Lipinski definition) is 4. The Labute approximate surface area is 124 Å². The maximum atomic E-state index is 11.1. The second-order valence-corrected chi connectivity index (χ2v) is 4.25. The normalized spacial score (nSPS) is 10.0. The van der Waals surface area contributed by atoms with Crippen molar-refractivity contribution in [3.8, 4) is 11.5 Å². The zero-order chi connectivity index (χ0) is 16.3. The van der Waals surface area contributed by atoms with Crippen molar-refractivity contribution in [1.29, 1.82) is 0 Å². The standard InChI is InChI=1S/C15H10O7/c16-13(17)8-1-3-9(4-2-8)22-10-5-6-11(14(18)19)12(7-10)15(20)21/h1-7H,(H,16,17)(H,18,19)(H,20,21). The fourth-order valence-electron chi connectivity index (χ4n) is 1.75. The van der Waals surface area contributed by atoms with E-state index in [2.05, 4.69) is 0 Å². The molecule has 0 saturated heterocycles. The van der Waals surface area contributed by atoms with Gasteiger partial charge in [-0.15, -0.1) is 0 Å². The van der Waals surface area contributed by atoms with Gasteiger partial charge in [-0.25, -0.2) is 14.4 Å². The van der Waals surface area contributed by atoms with E-state index < -0.39 is 23.5 Å². The second kappa shape index (κ2) is 5.96. The van der Waals surface area contributed by atoms with Crippen molar-refractivity contribution in [3.63, 3.8) is 0 Å². The van der Waals surface area contributed by atoms with Crippen LogP contribution in [0.15, 0.2) is 42.5 Å². The molecule has 2 rings (SSSR count). The van der Waals surface area contributed by atoms with Crippen LogP contribution in [0.2, 0.25) is 0 Å². The van der Waals surface area contributed by atoms with Crippen molar-refractivity contribution in [2.45, 2.75) is 0 Å². The van der Waals surface area contributed by atoms with Gasteiger partial charge in [-0.2, -0.15) is 0 Å². The van der Waals surface area contributed by atoms with E-state index in [-0.39, 0.29) is 16.9 Å². The van der Waals surface area contributed by atoms with Gasteiger partial charge in [0.2, 0.25) is 0 Å². The Hall–Kier alpha value is -3.35. The molecule has 0 aliphatic rings. The van der Waals surface area contributed by atoms with E-state index in [9.17, 15) is 14.4 Å². The van der Waals surface area contributed by atoms with E-state index in [4.69, 9.17) is 20.1 Å². The molecule has 112 valence electrons. The quantitative estimate of drug-likeness (QED) is 0.776. The summed E-state index contributed by atoms with van der Waals surface area (Å²) >= 11 is 0. The van der Waals surface area contributed by atoms with Crippen LogP contribution in [0.25, 0.3) is 0 Å². The van der Waals surface area contributed by atoms with Crippen LogP contribution >= 0.6 is 0 Å². The minimum atomic E-state index is -1.39. The van der Waals surface area contributed by atoms with Gasteiger partial charge in [0.15, 0.2) is 0 Å². The fraction of sp³-hybridized carbons (Fsp3) is 0. The number of rotatable bonds is 5. The molecule has 0 unspecified atom stereocenters. The molecule has 0 saturated carbocycles. The SMILES string of the molecule is O=C(O)c1ccc(Oc2ccc(C(=O)O)c(C(=O)O)c2)cc1. The van der Waals surface area contributed by atoms with E-state index in [1.54, 1.807) is 0 Å². The van der Waals surface area contributed by atoms with E-state index >= 15 is 0 Å². The van der Waals surface area contributed by atoms with Gasteiger partial charge in [0.1, 0.15) is 11.5 Å². The van der Waals surface area contributed by atoms with Gasteiger partial charge in [0.05, 0.1) is 16.7 Å². The minimum absolute atomic E-state index is 0.0831. The Kier molecular flexibility index (Phi) is 4.08. The minimum Gasteiger partial charge on any atom is -0.478 e. The van der Waals surface area contributed by atoms with Gasteiger partial charge in [0, 0.05) is 0 Å². The van der Waals surface area contributed by atoms with Crippen LogP contribution in [-0.2, 0) is 0 Å². The average molecular weight is 302 g/mol. The van der Waals surface area contributed by atoms with Crippen molar-refractivity contribution < 1.29 is 34.4 Å². The summed E-state index contributed by atoms with van der Waals surface area (Å²) in [4.78, 5) is 32.7. The predicted octanol–water partition coefficient (Wildman–Crippen LogP) is 2.57. The first-order chi connectivity index (χ1) is 10.4. The molecule has 2 aromatic carbocycles. The largest absolute Gasteiger partial charge is 0.478 e. The van der Waals surface area contributed by atoms with Crippen LogP contribution in [0.4, 0.5) is 0 Å². The first kappa shape index (κ1) is 15.0. The molecule has 0 atom stereocenters. The number of ether oxygens (including phenoxy) is 1. The van der Waals surface area contributed by atoms with Crippen molar-refractivity contribution in [3.05, 3.63) is 59.2 Å². The molecular weight excluding hydrogens is 292 g/mol. The highest BCUT2D eigenvalue weighted by Gasteiger charge is 2.17. The highest BCUT2D eigenvalue weighted by molar-refractivity contribution is 6.02. The number of aromatic carboxylic acids is 3. The molecule has 0 radical (unpaired) electrons. The summed E-state index contributed by atoms with van der Waals surface area (Å²) in [6.07, 6.45) is 0. The molecule has 0 fully saturated rings. The van der Waals surface area contributed by atoms with Crippen molar-refractivity contribution in [1.82, 2.24) is 0 Å². The van der Waals surface area contributed by atoms with Gasteiger partial charge in [-0.3, -0.25) is 0 Å². The van der Waals surface area contributed by atoms with Gasteiger partial charge in [-0.05, 0) is 42.5 Å². The number of carboxylic acid groups (broad SMARTS) is 3. The van der Waals surface area contributed by atoms with E-state index in [0.717, 1.165) is 12.1 Å². The third kappa shape index (κ3) is 3.21. The first-order valence-corrected chi connectivity index (χ1v) is 6.00. The van der Waals surface area contributed by atoms with Crippen LogP contribution in [0.3, 0.4) is 0 Å². The maximum absolute atomic E-state index is 11.1. The molecule has 0 amide bonds. The molecule has 0 bridgehead atoms. The summed E-state index contributed by atoms with van der Waals surface area (Å²) < 4.78 is 5.39. The lowest BCUT2D eigenvalue weighted by atomic mass is 10.1. The number of carbonyl (C=O) groups is 3. The molecule has 7 heteroatoms. The number of hydrogen-bond donors (Lipinski definition) is 3. The summed E-state index contributed by atoms with van der Waals surface area (Å²) in [5, 5.41) is 26.7. The molecular formula is C15H10O7. The average Bonchev–Trinajstić information content (AvgIpc) is 2.47. The van der Waals surface area contributed by atoms with Gasteiger partial charge in [0.25, 0.3) is 0 Å². The Morgan fingerprint density at radius 2 is 1.23 bits per heavy atom. The number of benzene rings is 2. The summed E-state index contributed by atoms with van der Waals surface area (Å²) in [6, 6.07) is 9.04. The van der Waals surface area contributed by atoms with Crippen LogP contribution in [0.1, 0.15) is 31.1 Å². The number of carboxylic acids is 3. The van der Waals surface area contributed by atoms with Gasteiger partial charge < -0.3 is 20.1 Å². The zero-order valence-electron chi connectivity index (χ0n) is 11.0. The van der Waals surface area contributed by atoms with Crippen LogP contribution in [-0.4, -0.2) is 33.2 Å². The molecule has 7 nitrogen and oxygen atoms in total. The molecule has 0 aliphatic carbocycles. The second-order valence-electron chi connectivity index (χ2n) is 4.25. The Balaban J connectivity index is 2.30.